The molecule has 2 aromatic carbocycles. The molecule has 1 fully saturated rings. The summed E-state index contributed by atoms with van der Waals surface area (Å²) in [6, 6.07) is 14.6. The second kappa shape index (κ2) is 9.78. The Balaban J connectivity index is 1.48. The van der Waals surface area contributed by atoms with Crippen LogP contribution in [0.4, 0.5) is 5.69 Å². The number of nitrogens with zero attached hydrogens (tertiary/aromatic N) is 2. The largest absolute Gasteiger partial charge is 0.497 e. The van der Waals surface area contributed by atoms with Gasteiger partial charge in [-0.3, -0.25) is 9.59 Å². The standard InChI is InChI=1S/C24H26N4O5S/c1-16-13-22(29)27-23(25-16)17-5-3-7-19(14-17)26-24(30)18-6-4-12-28(15-18)34(31,32)21-10-8-20(33-2)9-11-21/h3,5,7-11,13-14,18H,4,6,12,15H2,1-2H3,(H,26,30)(H,25,27,29)/t18-/m0/s1. The van der Waals surface area contributed by atoms with E-state index in [1.165, 1.54) is 29.6 Å². The third kappa shape index (κ3) is 5.18. The van der Waals surface area contributed by atoms with Gasteiger partial charge in [0.25, 0.3) is 5.56 Å². The van der Waals surface area contributed by atoms with E-state index in [9.17, 15) is 18.0 Å². The smallest absolute Gasteiger partial charge is 0.251 e. The van der Waals surface area contributed by atoms with Crippen LogP contribution in [0.2, 0.25) is 0 Å². The van der Waals surface area contributed by atoms with Crippen LogP contribution in [0.25, 0.3) is 11.4 Å². The Labute approximate surface area is 197 Å². The second-order valence-corrected chi connectivity index (χ2v) is 10.1. The Kier molecular flexibility index (Phi) is 6.80. The summed E-state index contributed by atoms with van der Waals surface area (Å²) in [5, 5.41) is 2.88. The molecule has 1 atom stereocenters. The minimum atomic E-state index is -3.72. The van der Waals surface area contributed by atoms with Crippen LogP contribution in [0.3, 0.4) is 0 Å². The Bertz CT molecular complexity index is 1350. The average Bonchev–Trinajstić information content (AvgIpc) is 2.83. The predicted molar refractivity (Wildman–Crippen MR) is 128 cm³/mol. The van der Waals surface area contributed by atoms with Crippen LogP contribution < -0.4 is 15.6 Å². The topological polar surface area (TPSA) is 121 Å². The van der Waals surface area contributed by atoms with Gasteiger partial charge in [-0.05, 0) is 56.2 Å². The molecule has 0 saturated carbocycles. The van der Waals surface area contributed by atoms with Crippen molar-refractivity contribution in [1.82, 2.24) is 14.3 Å². The van der Waals surface area contributed by atoms with E-state index in [2.05, 4.69) is 15.3 Å². The lowest BCUT2D eigenvalue weighted by Crippen LogP contribution is -2.43. The van der Waals surface area contributed by atoms with Gasteiger partial charge in [0, 0.05) is 36.1 Å². The zero-order chi connectivity index (χ0) is 24.3. The minimum absolute atomic E-state index is 0.104. The van der Waals surface area contributed by atoms with Crippen LogP contribution in [0.1, 0.15) is 18.5 Å². The molecule has 0 radical (unpaired) electrons. The molecular formula is C24H26N4O5S. The van der Waals surface area contributed by atoms with E-state index in [1.807, 2.05) is 0 Å². The number of aromatic nitrogens is 2. The summed E-state index contributed by atoms with van der Waals surface area (Å²) in [7, 11) is -2.20. The summed E-state index contributed by atoms with van der Waals surface area (Å²) in [6.07, 6.45) is 1.18. The molecule has 0 bridgehead atoms. The van der Waals surface area contributed by atoms with E-state index in [-0.39, 0.29) is 22.9 Å². The van der Waals surface area contributed by atoms with E-state index in [0.29, 0.717) is 47.9 Å². The van der Waals surface area contributed by atoms with Crippen molar-refractivity contribution in [2.45, 2.75) is 24.7 Å². The normalized spacial score (nSPS) is 16.7. The van der Waals surface area contributed by atoms with Gasteiger partial charge in [-0.15, -0.1) is 0 Å². The van der Waals surface area contributed by atoms with E-state index < -0.39 is 15.9 Å². The van der Waals surface area contributed by atoms with E-state index in [4.69, 9.17) is 4.74 Å². The number of anilines is 1. The number of sulfonamides is 1. The fraction of sp³-hybridized carbons (Fsp3) is 0.292. The molecule has 34 heavy (non-hydrogen) atoms. The third-order valence-corrected chi connectivity index (χ3v) is 7.60. The quantitative estimate of drug-likeness (QED) is 0.557. The number of benzene rings is 2. The molecule has 2 heterocycles. The van der Waals surface area contributed by atoms with Crippen LogP contribution in [0.5, 0.6) is 5.75 Å². The monoisotopic (exact) mass is 482 g/mol. The van der Waals surface area contributed by atoms with Gasteiger partial charge in [0.05, 0.1) is 17.9 Å². The average molecular weight is 483 g/mol. The number of rotatable bonds is 6. The van der Waals surface area contributed by atoms with Crippen LogP contribution in [0, 0.1) is 12.8 Å². The molecule has 4 rings (SSSR count). The molecule has 0 unspecified atom stereocenters. The van der Waals surface area contributed by atoms with Crippen molar-refractivity contribution in [3.63, 3.8) is 0 Å². The molecular weight excluding hydrogens is 456 g/mol. The van der Waals surface area contributed by atoms with Crippen molar-refractivity contribution < 1.29 is 17.9 Å². The summed E-state index contributed by atoms with van der Waals surface area (Å²) in [5.41, 5.74) is 1.54. The van der Waals surface area contributed by atoms with Crippen molar-refractivity contribution >= 4 is 21.6 Å². The Morgan fingerprint density at radius 1 is 1.18 bits per heavy atom. The lowest BCUT2D eigenvalue weighted by molar-refractivity contribution is -0.120. The number of aromatic amines is 1. The van der Waals surface area contributed by atoms with Crippen molar-refractivity contribution in [1.29, 1.82) is 0 Å². The number of carbonyl (C=O) groups is 1. The van der Waals surface area contributed by atoms with E-state index in [1.54, 1.807) is 43.3 Å². The summed E-state index contributed by atoms with van der Waals surface area (Å²) in [5.74, 6) is 0.248. The van der Waals surface area contributed by atoms with Gasteiger partial charge in [0.2, 0.25) is 15.9 Å². The highest BCUT2D eigenvalue weighted by atomic mass is 32.2. The maximum atomic E-state index is 13.1. The van der Waals surface area contributed by atoms with Crippen molar-refractivity contribution in [3.8, 4) is 17.1 Å². The number of amides is 1. The highest BCUT2D eigenvalue weighted by Gasteiger charge is 2.33. The first-order valence-corrected chi connectivity index (χ1v) is 12.3. The number of H-pyrrole nitrogens is 1. The van der Waals surface area contributed by atoms with Gasteiger partial charge in [0.1, 0.15) is 11.6 Å². The number of ether oxygens (including phenoxy) is 1. The third-order valence-electron chi connectivity index (χ3n) is 5.73. The lowest BCUT2D eigenvalue weighted by atomic mass is 9.98. The number of nitrogens with one attached hydrogen (secondary N) is 2. The van der Waals surface area contributed by atoms with Crippen molar-refractivity contribution in [3.05, 3.63) is 70.6 Å². The molecule has 1 aliphatic rings. The fourth-order valence-electron chi connectivity index (χ4n) is 3.98. The highest BCUT2D eigenvalue weighted by molar-refractivity contribution is 7.89. The summed E-state index contributed by atoms with van der Waals surface area (Å²) < 4.78 is 32.6. The first-order chi connectivity index (χ1) is 16.3. The number of hydrogen-bond acceptors (Lipinski definition) is 6. The van der Waals surface area contributed by atoms with Gasteiger partial charge in [0.15, 0.2) is 0 Å². The molecule has 1 saturated heterocycles. The number of methoxy groups -OCH3 is 1. The van der Waals surface area contributed by atoms with Crippen LogP contribution in [-0.2, 0) is 14.8 Å². The van der Waals surface area contributed by atoms with Gasteiger partial charge in [-0.2, -0.15) is 4.31 Å². The van der Waals surface area contributed by atoms with Crippen LogP contribution in [-0.4, -0.2) is 48.8 Å². The summed E-state index contributed by atoms with van der Waals surface area (Å²) >= 11 is 0. The van der Waals surface area contributed by atoms with Gasteiger partial charge < -0.3 is 15.0 Å². The molecule has 3 aromatic rings. The van der Waals surface area contributed by atoms with E-state index in [0.717, 1.165) is 0 Å². The Morgan fingerprint density at radius 2 is 1.94 bits per heavy atom. The molecule has 9 nitrogen and oxygen atoms in total. The zero-order valence-corrected chi connectivity index (χ0v) is 19.8. The maximum Gasteiger partial charge on any atom is 0.251 e. The lowest BCUT2D eigenvalue weighted by Gasteiger charge is -2.31. The summed E-state index contributed by atoms with van der Waals surface area (Å²) in [4.78, 5) is 32.0. The molecule has 2 N–H and O–H groups in total. The predicted octanol–water partition coefficient (Wildman–Crippen LogP) is 2.79. The van der Waals surface area contributed by atoms with Crippen molar-refractivity contribution in [2.24, 2.45) is 5.92 Å². The van der Waals surface area contributed by atoms with E-state index >= 15 is 0 Å². The van der Waals surface area contributed by atoms with Gasteiger partial charge >= 0.3 is 0 Å². The molecule has 0 aliphatic carbocycles. The van der Waals surface area contributed by atoms with Gasteiger partial charge in [-0.25, -0.2) is 13.4 Å². The highest BCUT2D eigenvalue weighted by Crippen LogP contribution is 2.26. The summed E-state index contributed by atoms with van der Waals surface area (Å²) in [6.45, 7) is 2.20. The number of carbonyl (C=O) groups excluding carboxylic acids is 1. The molecule has 0 spiro atoms. The SMILES string of the molecule is COc1ccc(S(=O)(=O)N2CCC[C@H](C(=O)Nc3cccc(-c4nc(C)cc(=O)[nH]4)c3)C2)cc1. The first-order valence-electron chi connectivity index (χ1n) is 10.9. The Hall–Kier alpha value is -3.50. The maximum absolute atomic E-state index is 13.1. The van der Waals surface area contributed by atoms with Crippen LogP contribution >= 0.6 is 0 Å². The molecule has 1 aromatic heterocycles. The molecule has 1 aliphatic heterocycles. The molecule has 1 amide bonds. The first kappa shape index (κ1) is 23.7. The second-order valence-electron chi connectivity index (χ2n) is 8.18. The molecule has 10 heteroatoms. The van der Waals surface area contributed by atoms with Gasteiger partial charge in [-0.1, -0.05) is 12.1 Å². The fourth-order valence-corrected chi connectivity index (χ4v) is 5.50. The Morgan fingerprint density at radius 3 is 2.65 bits per heavy atom. The van der Waals surface area contributed by atoms with Crippen molar-refractivity contribution in [2.75, 3.05) is 25.5 Å². The van der Waals surface area contributed by atoms with Crippen LogP contribution in [0.15, 0.2) is 64.3 Å². The zero-order valence-electron chi connectivity index (χ0n) is 18.9. The number of hydrogen-bond donors (Lipinski definition) is 2. The minimum Gasteiger partial charge on any atom is -0.497 e. The number of aryl methyl sites for hydroxylation is 1. The molecule has 178 valence electrons. The number of piperidine rings is 1.